The quantitative estimate of drug-likeness (QED) is 0.722. The Balaban J connectivity index is 1.82. The Bertz CT molecular complexity index is 938. The van der Waals surface area contributed by atoms with E-state index in [-0.39, 0.29) is 16.7 Å². The molecule has 1 fully saturated rings. The number of nitrogens with one attached hydrogen (secondary N) is 1. The van der Waals surface area contributed by atoms with Gasteiger partial charge >= 0.3 is 0 Å². The molecule has 0 radical (unpaired) electrons. The zero-order chi connectivity index (χ0) is 21.9. The molecular weight excluding hydrogens is 393 g/mol. The average molecular weight is 418 g/mol. The summed E-state index contributed by atoms with van der Waals surface area (Å²) in [6.07, 6.45) is 1.82. The smallest absolute Gasteiger partial charge is 0.286 e. The number of piperidine rings is 1. The maximum Gasteiger partial charge on any atom is 0.286 e. The minimum Gasteiger partial charge on any atom is -0.393 e. The van der Waals surface area contributed by atoms with Crippen molar-refractivity contribution < 1.29 is 23.1 Å². The van der Waals surface area contributed by atoms with Crippen LogP contribution in [-0.4, -0.2) is 41.7 Å². The number of carbonyl (C=O) groups excluding carboxylic acids is 1. The highest BCUT2D eigenvalue weighted by Crippen LogP contribution is 2.34. The molecule has 0 bridgehead atoms. The number of hydrogen-bond donors (Lipinski definition) is 2. The zero-order valence-electron chi connectivity index (χ0n) is 16.8. The van der Waals surface area contributed by atoms with Gasteiger partial charge in [-0.1, -0.05) is 18.7 Å². The first-order valence-corrected chi connectivity index (χ1v) is 9.82. The molecule has 1 saturated heterocycles. The van der Waals surface area contributed by atoms with Crippen molar-refractivity contribution in [2.75, 3.05) is 25.0 Å². The van der Waals surface area contributed by atoms with E-state index in [0.717, 1.165) is 0 Å². The van der Waals surface area contributed by atoms with Crippen LogP contribution in [0.1, 0.15) is 39.9 Å². The Morgan fingerprint density at radius 3 is 2.60 bits per heavy atom. The maximum absolute atomic E-state index is 15.1. The second kappa shape index (κ2) is 9.02. The summed E-state index contributed by atoms with van der Waals surface area (Å²) in [6.45, 7) is 5.47. The van der Waals surface area contributed by atoms with Gasteiger partial charge in [-0.2, -0.15) is 8.78 Å². The molecule has 0 aromatic heterocycles. The fourth-order valence-electron chi connectivity index (χ4n) is 3.56. The molecule has 0 saturated carbocycles. The highest BCUT2D eigenvalue weighted by Gasteiger charge is 2.37. The summed E-state index contributed by atoms with van der Waals surface area (Å²) in [6, 6.07) is 8.22. The molecule has 2 N–H and O–H groups in total. The fourth-order valence-corrected chi connectivity index (χ4v) is 3.56. The van der Waals surface area contributed by atoms with Crippen molar-refractivity contribution >= 4 is 17.7 Å². The summed E-state index contributed by atoms with van der Waals surface area (Å²) >= 11 is 0. The number of carbonyl (C=O) groups is 1. The van der Waals surface area contributed by atoms with Crippen molar-refractivity contribution in [3.05, 3.63) is 71.0 Å². The summed E-state index contributed by atoms with van der Waals surface area (Å²) in [4.78, 5) is 14.2. The van der Waals surface area contributed by atoms with E-state index in [1.54, 1.807) is 11.8 Å². The lowest BCUT2D eigenvalue weighted by atomic mass is 9.97. The largest absolute Gasteiger partial charge is 0.393 e. The molecule has 1 aliphatic heterocycles. The molecule has 7 heteroatoms. The second-order valence-corrected chi connectivity index (χ2v) is 7.64. The minimum absolute atomic E-state index is 0.0753. The van der Waals surface area contributed by atoms with Crippen LogP contribution in [0.25, 0.3) is 6.08 Å². The van der Waals surface area contributed by atoms with Gasteiger partial charge in [0.1, 0.15) is 5.82 Å². The van der Waals surface area contributed by atoms with E-state index in [1.807, 2.05) is 0 Å². The van der Waals surface area contributed by atoms with Gasteiger partial charge in [-0.05, 0) is 61.2 Å². The molecule has 0 aliphatic carbocycles. The van der Waals surface area contributed by atoms with Crippen LogP contribution in [0.2, 0.25) is 0 Å². The van der Waals surface area contributed by atoms with Crippen molar-refractivity contribution in [1.29, 1.82) is 0 Å². The van der Waals surface area contributed by atoms with Gasteiger partial charge in [-0.15, -0.1) is 0 Å². The van der Waals surface area contributed by atoms with Crippen molar-refractivity contribution in [2.24, 2.45) is 0 Å². The number of benzene rings is 2. The molecular formula is C23H25F3N2O2. The number of hydrogen-bond acceptors (Lipinski definition) is 3. The summed E-state index contributed by atoms with van der Waals surface area (Å²) in [5.74, 6) is -4.15. The van der Waals surface area contributed by atoms with Crippen LogP contribution >= 0.6 is 0 Å². The van der Waals surface area contributed by atoms with E-state index in [0.29, 0.717) is 37.2 Å². The van der Waals surface area contributed by atoms with Crippen molar-refractivity contribution in [3.8, 4) is 0 Å². The first-order chi connectivity index (χ1) is 14.2. The topological polar surface area (TPSA) is 52.6 Å². The molecule has 4 nitrogen and oxygen atoms in total. The third-order valence-corrected chi connectivity index (χ3v) is 5.32. The first-order valence-electron chi connectivity index (χ1n) is 9.82. The van der Waals surface area contributed by atoms with Crippen LogP contribution in [0.3, 0.4) is 0 Å². The summed E-state index contributed by atoms with van der Waals surface area (Å²) < 4.78 is 43.7. The Labute approximate surface area is 174 Å². The number of alkyl halides is 2. The van der Waals surface area contributed by atoms with Crippen LogP contribution in [-0.2, 0) is 5.92 Å². The fraction of sp³-hybridized carbons (Fsp3) is 0.348. The highest BCUT2D eigenvalue weighted by molar-refractivity contribution is 6.04. The lowest BCUT2D eigenvalue weighted by Gasteiger charge is -2.33. The zero-order valence-corrected chi connectivity index (χ0v) is 16.8. The van der Waals surface area contributed by atoms with Gasteiger partial charge in [0.15, 0.2) is 0 Å². The molecule has 1 aliphatic rings. The van der Waals surface area contributed by atoms with Gasteiger partial charge < -0.3 is 10.4 Å². The van der Waals surface area contributed by atoms with Gasteiger partial charge in [-0.25, -0.2) is 4.39 Å². The van der Waals surface area contributed by atoms with E-state index in [1.165, 1.54) is 42.5 Å². The number of likely N-dealkylation sites (tertiary alicyclic amines) is 1. The average Bonchev–Trinajstić information content (AvgIpc) is 2.71. The molecule has 3 rings (SSSR count). The molecule has 2 aromatic carbocycles. The van der Waals surface area contributed by atoms with E-state index in [4.69, 9.17) is 0 Å². The Morgan fingerprint density at radius 2 is 1.97 bits per heavy atom. The number of rotatable bonds is 6. The number of nitrogens with zero attached hydrogens (tertiary/aromatic N) is 1. The van der Waals surface area contributed by atoms with Gasteiger partial charge in [0.2, 0.25) is 0 Å². The van der Waals surface area contributed by atoms with E-state index < -0.39 is 30.3 Å². The lowest BCUT2D eigenvalue weighted by molar-refractivity contribution is -0.0501. The monoisotopic (exact) mass is 418 g/mol. The molecule has 0 unspecified atom stereocenters. The van der Waals surface area contributed by atoms with Crippen molar-refractivity contribution in [3.63, 3.8) is 0 Å². The van der Waals surface area contributed by atoms with Crippen LogP contribution in [0, 0.1) is 12.7 Å². The predicted molar refractivity (Wildman–Crippen MR) is 111 cm³/mol. The van der Waals surface area contributed by atoms with E-state index >= 15 is 8.78 Å². The number of amides is 1. The molecule has 1 heterocycles. The van der Waals surface area contributed by atoms with Gasteiger partial charge in [0.05, 0.1) is 12.6 Å². The number of aliphatic hydroxyl groups excluding tert-OH is 1. The summed E-state index contributed by atoms with van der Waals surface area (Å²) in [5.41, 5.74) is 0.810. The molecule has 1 amide bonds. The number of halogens is 3. The van der Waals surface area contributed by atoms with Gasteiger partial charge in [0.25, 0.3) is 11.8 Å². The minimum atomic E-state index is -3.20. The highest BCUT2D eigenvalue weighted by atomic mass is 19.3. The SMILES string of the molecule is C=Cc1ccc(C(=O)Nc2ccc(F)c(C)c2)cc1C(F)(F)CN1CCC(O)CC1. The maximum atomic E-state index is 15.1. The third-order valence-electron chi connectivity index (χ3n) is 5.32. The Hall–Kier alpha value is -2.64. The summed E-state index contributed by atoms with van der Waals surface area (Å²) in [7, 11) is 0. The summed E-state index contributed by atoms with van der Waals surface area (Å²) in [5, 5.41) is 12.2. The van der Waals surface area contributed by atoms with Crippen molar-refractivity contribution in [2.45, 2.75) is 31.8 Å². The normalized spacial score (nSPS) is 15.8. The van der Waals surface area contributed by atoms with Gasteiger partial charge in [-0.3, -0.25) is 9.69 Å². The van der Waals surface area contributed by atoms with E-state index in [9.17, 15) is 14.3 Å². The second-order valence-electron chi connectivity index (χ2n) is 7.64. The molecule has 0 atom stereocenters. The van der Waals surface area contributed by atoms with Crippen LogP contribution in [0.4, 0.5) is 18.9 Å². The molecule has 2 aromatic rings. The standard InChI is InChI=1S/C23H25F3N2O2/c1-3-16-4-5-17(22(30)27-18-6-7-21(24)15(2)12-18)13-20(16)23(25,26)14-28-10-8-19(29)9-11-28/h3-7,12-13,19,29H,1,8-11,14H2,2H3,(H,27,30). The van der Waals surface area contributed by atoms with Crippen molar-refractivity contribution in [1.82, 2.24) is 4.90 Å². The number of anilines is 1. The van der Waals surface area contributed by atoms with Crippen LogP contribution < -0.4 is 5.32 Å². The van der Waals surface area contributed by atoms with Crippen LogP contribution in [0.15, 0.2) is 43.0 Å². The van der Waals surface area contributed by atoms with E-state index in [2.05, 4.69) is 11.9 Å². The predicted octanol–water partition coefficient (Wildman–Crippen LogP) is 4.58. The molecule has 30 heavy (non-hydrogen) atoms. The van der Waals surface area contributed by atoms with Crippen LogP contribution in [0.5, 0.6) is 0 Å². The lowest BCUT2D eigenvalue weighted by Crippen LogP contribution is -2.42. The third kappa shape index (κ3) is 5.09. The number of aryl methyl sites for hydroxylation is 1. The first kappa shape index (κ1) is 22.1. The number of aliphatic hydroxyl groups is 1. The Kier molecular flexibility index (Phi) is 6.63. The molecule has 160 valence electrons. The van der Waals surface area contributed by atoms with Gasteiger partial charge in [0, 0.05) is 29.9 Å². The Morgan fingerprint density at radius 1 is 1.27 bits per heavy atom. The molecule has 0 spiro atoms.